The molecule has 84 valence electrons. The van der Waals surface area contributed by atoms with Crippen LogP contribution in [0.2, 0.25) is 0 Å². The highest BCUT2D eigenvalue weighted by molar-refractivity contribution is 7.13. The molecule has 2 aromatic rings. The summed E-state index contributed by atoms with van der Waals surface area (Å²) in [5.74, 6) is 0.0429. The molecule has 0 saturated heterocycles. The lowest BCUT2D eigenvalue weighted by atomic mass is 10.1. The van der Waals surface area contributed by atoms with Crippen molar-refractivity contribution in [2.45, 2.75) is 12.8 Å². The van der Waals surface area contributed by atoms with Gasteiger partial charge in [-0.3, -0.25) is 0 Å². The zero-order chi connectivity index (χ0) is 11.5. The lowest BCUT2D eigenvalue weighted by Gasteiger charge is -2.02. The molecular formula is C12H13FN2S. The summed E-state index contributed by atoms with van der Waals surface area (Å²) in [4.78, 5) is 4.50. The van der Waals surface area contributed by atoms with Gasteiger partial charge in [0.15, 0.2) is 0 Å². The van der Waals surface area contributed by atoms with E-state index < -0.39 is 0 Å². The topological polar surface area (TPSA) is 38.9 Å². The lowest BCUT2D eigenvalue weighted by Crippen LogP contribution is -2.08. The molecule has 2 nitrogen and oxygen atoms in total. The van der Waals surface area contributed by atoms with E-state index >= 15 is 0 Å². The van der Waals surface area contributed by atoms with Crippen molar-refractivity contribution in [1.29, 1.82) is 0 Å². The van der Waals surface area contributed by atoms with Crippen LogP contribution in [0.25, 0.3) is 10.6 Å². The minimum Gasteiger partial charge on any atom is -0.330 e. The van der Waals surface area contributed by atoms with Gasteiger partial charge in [-0.1, -0.05) is 6.92 Å². The summed E-state index contributed by atoms with van der Waals surface area (Å²) in [5, 5.41) is 2.92. The zero-order valence-corrected chi connectivity index (χ0v) is 9.80. The van der Waals surface area contributed by atoms with Crippen molar-refractivity contribution in [2.24, 2.45) is 5.73 Å². The second-order valence-electron chi connectivity index (χ2n) is 3.72. The van der Waals surface area contributed by atoms with Crippen molar-refractivity contribution >= 4 is 11.3 Å². The lowest BCUT2D eigenvalue weighted by molar-refractivity contribution is 0.628. The molecule has 0 aliphatic rings. The van der Waals surface area contributed by atoms with Crippen molar-refractivity contribution < 1.29 is 4.39 Å². The van der Waals surface area contributed by atoms with Gasteiger partial charge in [0.05, 0.1) is 5.69 Å². The molecule has 4 heteroatoms. The van der Waals surface area contributed by atoms with Crippen LogP contribution in [0.4, 0.5) is 4.39 Å². The summed E-state index contributed by atoms with van der Waals surface area (Å²) in [6.07, 6.45) is 0. The summed E-state index contributed by atoms with van der Waals surface area (Å²) >= 11 is 1.56. The SMILES string of the molecule is CC(CN)c1csc(-c2ccc(F)cc2)n1. The number of benzene rings is 1. The molecule has 0 aliphatic heterocycles. The number of hydrogen-bond acceptors (Lipinski definition) is 3. The Balaban J connectivity index is 2.28. The smallest absolute Gasteiger partial charge is 0.123 e. The summed E-state index contributed by atoms with van der Waals surface area (Å²) < 4.78 is 12.8. The number of halogens is 1. The maximum atomic E-state index is 12.8. The first kappa shape index (κ1) is 11.2. The van der Waals surface area contributed by atoms with Crippen molar-refractivity contribution in [3.8, 4) is 10.6 Å². The fourth-order valence-electron chi connectivity index (χ4n) is 1.36. The van der Waals surface area contributed by atoms with E-state index in [2.05, 4.69) is 4.98 Å². The molecule has 0 amide bonds. The third kappa shape index (κ3) is 2.28. The molecule has 1 unspecified atom stereocenters. The van der Waals surface area contributed by atoms with E-state index in [1.54, 1.807) is 23.5 Å². The van der Waals surface area contributed by atoms with Crippen molar-refractivity contribution in [1.82, 2.24) is 4.98 Å². The van der Waals surface area contributed by atoms with Gasteiger partial charge in [-0.25, -0.2) is 9.37 Å². The molecule has 0 saturated carbocycles. The summed E-state index contributed by atoms with van der Waals surface area (Å²) in [5.41, 5.74) is 7.54. The van der Waals surface area contributed by atoms with Crippen LogP contribution in [-0.4, -0.2) is 11.5 Å². The second kappa shape index (κ2) is 4.72. The normalized spacial score (nSPS) is 12.7. The summed E-state index contributed by atoms with van der Waals surface area (Å²) in [6.45, 7) is 2.64. The Morgan fingerprint density at radius 2 is 2.06 bits per heavy atom. The zero-order valence-electron chi connectivity index (χ0n) is 8.98. The number of rotatable bonds is 3. The van der Waals surface area contributed by atoms with E-state index in [0.29, 0.717) is 6.54 Å². The maximum absolute atomic E-state index is 12.8. The molecule has 16 heavy (non-hydrogen) atoms. The number of nitrogens with two attached hydrogens (primary N) is 1. The molecule has 0 radical (unpaired) electrons. The van der Waals surface area contributed by atoms with Crippen LogP contribution in [0.15, 0.2) is 29.6 Å². The van der Waals surface area contributed by atoms with Gasteiger partial charge in [0, 0.05) is 23.4 Å². The number of nitrogens with zero attached hydrogens (tertiary/aromatic N) is 1. The quantitative estimate of drug-likeness (QED) is 0.889. The minimum atomic E-state index is -0.226. The third-order valence-electron chi connectivity index (χ3n) is 2.47. The molecule has 0 aliphatic carbocycles. The van der Waals surface area contributed by atoms with Crippen LogP contribution < -0.4 is 5.73 Å². The van der Waals surface area contributed by atoms with Crippen molar-refractivity contribution in [3.05, 3.63) is 41.2 Å². The maximum Gasteiger partial charge on any atom is 0.123 e. The van der Waals surface area contributed by atoms with Gasteiger partial charge in [-0.2, -0.15) is 0 Å². The van der Waals surface area contributed by atoms with E-state index in [4.69, 9.17) is 5.73 Å². The highest BCUT2D eigenvalue weighted by Crippen LogP contribution is 2.26. The molecule has 2 rings (SSSR count). The van der Waals surface area contributed by atoms with E-state index in [0.717, 1.165) is 16.3 Å². The summed E-state index contributed by atoms with van der Waals surface area (Å²) in [6, 6.07) is 6.38. The molecule has 2 N–H and O–H groups in total. The van der Waals surface area contributed by atoms with Gasteiger partial charge in [-0.15, -0.1) is 11.3 Å². The summed E-state index contributed by atoms with van der Waals surface area (Å²) in [7, 11) is 0. The molecule has 1 aromatic carbocycles. The average Bonchev–Trinajstić information content (AvgIpc) is 2.78. The number of hydrogen-bond donors (Lipinski definition) is 1. The van der Waals surface area contributed by atoms with Crippen LogP contribution in [0.3, 0.4) is 0 Å². The van der Waals surface area contributed by atoms with Gasteiger partial charge >= 0.3 is 0 Å². The first-order valence-corrected chi connectivity index (χ1v) is 6.00. The van der Waals surface area contributed by atoms with Crippen molar-refractivity contribution in [3.63, 3.8) is 0 Å². The molecule has 0 bridgehead atoms. The molecule has 1 atom stereocenters. The highest BCUT2D eigenvalue weighted by Gasteiger charge is 2.09. The predicted molar refractivity (Wildman–Crippen MR) is 65.0 cm³/mol. The Kier molecular flexibility index (Phi) is 3.31. The van der Waals surface area contributed by atoms with Crippen LogP contribution in [0.5, 0.6) is 0 Å². The van der Waals surface area contributed by atoms with Crippen LogP contribution in [0, 0.1) is 5.82 Å². The molecule has 0 spiro atoms. The van der Waals surface area contributed by atoms with E-state index in [-0.39, 0.29) is 11.7 Å². The Bertz CT molecular complexity index is 464. The molecule has 1 aromatic heterocycles. The average molecular weight is 236 g/mol. The fourth-order valence-corrected chi connectivity index (χ4v) is 2.31. The van der Waals surface area contributed by atoms with Gasteiger partial charge < -0.3 is 5.73 Å². The van der Waals surface area contributed by atoms with Crippen LogP contribution in [-0.2, 0) is 0 Å². The standard InChI is InChI=1S/C12H13FN2S/c1-8(6-14)11-7-16-12(15-11)9-2-4-10(13)5-3-9/h2-5,7-8H,6,14H2,1H3. The Morgan fingerprint density at radius 3 is 2.69 bits per heavy atom. The van der Waals surface area contributed by atoms with E-state index in [1.165, 1.54) is 12.1 Å². The van der Waals surface area contributed by atoms with Gasteiger partial charge in [0.2, 0.25) is 0 Å². The van der Waals surface area contributed by atoms with Gasteiger partial charge in [0.1, 0.15) is 10.8 Å². The third-order valence-corrected chi connectivity index (χ3v) is 3.38. The molecule has 0 fully saturated rings. The second-order valence-corrected chi connectivity index (χ2v) is 4.58. The van der Waals surface area contributed by atoms with Crippen LogP contribution in [0.1, 0.15) is 18.5 Å². The number of aromatic nitrogens is 1. The predicted octanol–water partition coefficient (Wildman–Crippen LogP) is 3.01. The van der Waals surface area contributed by atoms with Gasteiger partial charge in [0.25, 0.3) is 0 Å². The Hall–Kier alpha value is -1.26. The first-order chi connectivity index (χ1) is 7.70. The van der Waals surface area contributed by atoms with Crippen molar-refractivity contribution in [2.75, 3.05) is 6.54 Å². The van der Waals surface area contributed by atoms with E-state index in [9.17, 15) is 4.39 Å². The Labute approximate surface area is 97.9 Å². The Morgan fingerprint density at radius 1 is 1.38 bits per heavy atom. The molecule has 1 heterocycles. The minimum absolute atomic E-state index is 0.226. The molecular weight excluding hydrogens is 223 g/mol. The van der Waals surface area contributed by atoms with E-state index in [1.807, 2.05) is 12.3 Å². The van der Waals surface area contributed by atoms with Gasteiger partial charge in [-0.05, 0) is 24.3 Å². The monoisotopic (exact) mass is 236 g/mol. The highest BCUT2D eigenvalue weighted by atomic mass is 32.1. The van der Waals surface area contributed by atoms with Crippen LogP contribution >= 0.6 is 11.3 Å². The first-order valence-electron chi connectivity index (χ1n) is 5.12. The largest absolute Gasteiger partial charge is 0.330 e. The fraction of sp³-hybridized carbons (Fsp3) is 0.250. The number of thiazole rings is 1.